The van der Waals surface area contributed by atoms with E-state index in [1.54, 1.807) is 0 Å². The lowest BCUT2D eigenvalue weighted by atomic mass is 9.71. The van der Waals surface area contributed by atoms with Gasteiger partial charge in [-0.2, -0.15) is 5.10 Å². The first-order chi connectivity index (χ1) is 15.4. The van der Waals surface area contributed by atoms with Crippen molar-refractivity contribution in [1.82, 2.24) is 25.3 Å². The molecule has 1 aliphatic carbocycles. The quantitative estimate of drug-likeness (QED) is 0.701. The molecule has 32 heavy (non-hydrogen) atoms. The summed E-state index contributed by atoms with van der Waals surface area (Å²) in [5.74, 6) is 0.952. The van der Waals surface area contributed by atoms with Crippen LogP contribution in [0.25, 0.3) is 0 Å². The van der Waals surface area contributed by atoms with Gasteiger partial charge in [0.2, 0.25) is 5.91 Å². The van der Waals surface area contributed by atoms with E-state index >= 15 is 0 Å². The van der Waals surface area contributed by atoms with Crippen LogP contribution in [0.4, 0.5) is 0 Å². The first-order valence-electron chi connectivity index (χ1n) is 11.8. The molecule has 3 fully saturated rings. The van der Waals surface area contributed by atoms with Gasteiger partial charge in [-0.15, -0.1) is 0 Å². The molecule has 1 aromatic heterocycles. The summed E-state index contributed by atoms with van der Waals surface area (Å²) >= 11 is 0. The van der Waals surface area contributed by atoms with Crippen molar-refractivity contribution in [2.45, 2.75) is 39.2 Å². The Kier molecular flexibility index (Phi) is 5.53. The van der Waals surface area contributed by atoms with E-state index in [1.165, 1.54) is 18.4 Å². The second kappa shape index (κ2) is 8.35. The van der Waals surface area contributed by atoms with Crippen LogP contribution in [0.15, 0.2) is 36.4 Å². The van der Waals surface area contributed by atoms with E-state index < -0.39 is 0 Å². The minimum atomic E-state index is -0.179. The average Bonchev–Trinajstić information content (AvgIpc) is 3.36. The third-order valence-electron chi connectivity index (χ3n) is 7.10. The lowest BCUT2D eigenvalue weighted by Gasteiger charge is -2.50. The normalized spacial score (nSPS) is 22.3. The SMILES string of the molecule is CC(C)CNC(=O)C1CN(Cc2ccccc2)CC12CN(C(=O)c1cc(C3CC3)[nH]n1)C2. The zero-order chi connectivity index (χ0) is 22.3. The largest absolute Gasteiger partial charge is 0.356 e. The first kappa shape index (κ1) is 21.2. The number of nitrogens with zero attached hydrogens (tertiary/aromatic N) is 3. The summed E-state index contributed by atoms with van der Waals surface area (Å²) in [5.41, 5.74) is 2.65. The first-order valence-corrected chi connectivity index (χ1v) is 11.8. The number of carbonyl (C=O) groups is 2. The summed E-state index contributed by atoms with van der Waals surface area (Å²) in [6.45, 7) is 8.52. The summed E-state index contributed by atoms with van der Waals surface area (Å²) in [6, 6.07) is 12.3. The van der Waals surface area contributed by atoms with Gasteiger partial charge in [0, 0.05) is 56.3 Å². The molecule has 2 amide bonds. The summed E-state index contributed by atoms with van der Waals surface area (Å²) in [6.07, 6.45) is 2.35. The lowest BCUT2D eigenvalue weighted by molar-refractivity contribution is -0.131. The van der Waals surface area contributed by atoms with Crippen molar-refractivity contribution in [3.63, 3.8) is 0 Å². The molecule has 1 saturated carbocycles. The molecule has 5 rings (SSSR count). The van der Waals surface area contributed by atoms with E-state index in [1.807, 2.05) is 17.0 Å². The Bertz CT molecular complexity index is 975. The highest BCUT2D eigenvalue weighted by Gasteiger charge is 2.57. The molecule has 1 spiro atoms. The van der Waals surface area contributed by atoms with Crippen LogP contribution in [-0.4, -0.2) is 64.5 Å². The number of hydrogen-bond donors (Lipinski definition) is 2. The Morgan fingerprint density at radius 2 is 1.94 bits per heavy atom. The van der Waals surface area contributed by atoms with Gasteiger partial charge in [-0.1, -0.05) is 44.2 Å². The van der Waals surface area contributed by atoms with E-state index in [2.05, 4.69) is 58.5 Å². The molecule has 7 heteroatoms. The van der Waals surface area contributed by atoms with Gasteiger partial charge < -0.3 is 10.2 Å². The number of H-pyrrole nitrogens is 1. The molecule has 2 saturated heterocycles. The monoisotopic (exact) mass is 435 g/mol. The fourth-order valence-electron chi connectivity index (χ4n) is 5.21. The van der Waals surface area contributed by atoms with Crippen LogP contribution in [0.3, 0.4) is 0 Å². The molecule has 0 bridgehead atoms. The number of aromatic amines is 1. The number of nitrogens with one attached hydrogen (secondary N) is 2. The Morgan fingerprint density at radius 3 is 2.62 bits per heavy atom. The maximum absolute atomic E-state index is 13.1. The number of aromatic nitrogens is 2. The molecule has 2 aromatic rings. The Hall–Kier alpha value is -2.67. The summed E-state index contributed by atoms with van der Waals surface area (Å²) in [5, 5.41) is 10.4. The van der Waals surface area contributed by atoms with Crippen LogP contribution in [0.1, 0.15) is 54.4 Å². The molecule has 0 radical (unpaired) electrons. The molecule has 2 N–H and O–H groups in total. The minimum Gasteiger partial charge on any atom is -0.356 e. The second-order valence-corrected chi connectivity index (χ2v) is 10.4. The summed E-state index contributed by atoms with van der Waals surface area (Å²) in [7, 11) is 0. The Labute approximate surface area is 189 Å². The van der Waals surface area contributed by atoms with Crippen molar-refractivity contribution in [1.29, 1.82) is 0 Å². The highest BCUT2D eigenvalue weighted by Crippen LogP contribution is 2.45. The molecule has 1 atom stereocenters. The molecule has 2 aliphatic heterocycles. The van der Waals surface area contributed by atoms with E-state index in [9.17, 15) is 9.59 Å². The lowest BCUT2D eigenvalue weighted by Crippen LogP contribution is -2.64. The minimum absolute atomic E-state index is 0.0263. The topological polar surface area (TPSA) is 81.3 Å². The molecule has 170 valence electrons. The highest BCUT2D eigenvalue weighted by molar-refractivity contribution is 5.93. The number of benzene rings is 1. The van der Waals surface area contributed by atoms with Crippen LogP contribution < -0.4 is 5.32 Å². The van der Waals surface area contributed by atoms with Crippen molar-refractivity contribution < 1.29 is 9.59 Å². The van der Waals surface area contributed by atoms with E-state index in [-0.39, 0.29) is 23.1 Å². The number of rotatable bonds is 7. The van der Waals surface area contributed by atoms with E-state index in [0.717, 1.165) is 25.3 Å². The van der Waals surface area contributed by atoms with E-state index in [4.69, 9.17) is 0 Å². The van der Waals surface area contributed by atoms with Crippen molar-refractivity contribution in [2.24, 2.45) is 17.3 Å². The van der Waals surface area contributed by atoms with Gasteiger partial charge in [0.25, 0.3) is 5.91 Å². The molecular weight excluding hydrogens is 402 g/mol. The van der Waals surface area contributed by atoms with Gasteiger partial charge in [0.1, 0.15) is 5.69 Å². The van der Waals surface area contributed by atoms with Crippen molar-refractivity contribution in [2.75, 3.05) is 32.7 Å². The third-order valence-corrected chi connectivity index (χ3v) is 7.10. The van der Waals surface area contributed by atoms with Crippen LogP contribution in [0, 0.1) is 17.3 Å². The van der Waals surface area contributed by atoms with Crippen LogP contribution in [-0.2, 0) is 11.3 Å². The summed E-state index contributed by atoms with van der Waals surface area (Å²) < 4.78 is 0. The van der Waals surface area contributed by atoms with Gasteiger partial charge in [-0.05, 0) is 30.4 Å². The molecule has 3 heterocycles. The second-order valence-electron chi connectivity index (χ2n) is 10.4. The average molecular weight is 436 g/mol. The highest BCUT2D eigenvalue weighted by atomic mass is 16.2. The molecular formula is C25H33N5O2. The fraction of sp³-hybridized carbons (Fsp3) is 0.560. The fourth-order valence-corrected chi connectivity index (χ4v) is 5.21. The Morgan fingerprint density at radius 1 is 1.19 bits per heavy atom. The van der Waals surface area contributed by atoms with Crippen LogP contribution >= 0.6 is 0 Å². The van der Waals surface area contributed by atoms with E-state index in [0.29, 0.717) is 37.2 Å². The van der Waals surface area contributed by atoms with Crippen molar-refractivity contribution in [3.8, 4) is 0 Å². The smallest absolute Gasteiger partial charge is 0.274 e. The number of likely N-dealkylation sites (tertiary alicyclic amines) is 2. The maximum Gasteiger partial charge on any atom is 0.274 e. The van der Waals surface area contributed by atoms with Crippen LogP contribution in [0.5, 0.6) is 0 Å². The van der Waals surface area contributed by atoms with Gasteiger partial charge in [0.05, 0.1) is 5.92 Å². The number of carbonyl (C=O) groups excluding carboxylic acids is 2. The Balaban J connectivity index is 1.28. The predicted molar refractivity (Wildman–Crippen MR) is 122 cm³/mol. The number of hydrogen-bond acceptors (Lipinski definition) is 4. The zero-order valence-electron chi connectivity index (χ0n) is 19.0. The van der Waals surface area contributed by atoms with Crippen molar-refractivity contribution >= 4 is 11.8 Å². The van der Waals surface area contributed by atoms with Crippen LogP contribution in [0.2, 0.25) is 0 Å². The predicted octanol–water partition coefficient (Wildman–Crippen LogP) is 2.63. The molecule has 1 aromatic carbocycles. The van der Waals surface area contributed by atoms with Gasteiger partial charge in [-0.3, -0.25) is 19.6 Å². The molecule has 3 aliphatic rings. The van der Waals surface area contributed by atoms with Gasteiger partial charge >= 0.3 is 0 Å². The number of amides is 2. The van der Waals surface area contributed by atoms with Gasteiger partial charge in [-0.25, -0.2) is 0 Å². The molecule has 7 nitrogen and oxygen atoms in total. The van der Waals surface area contributed by atoms with Crippen molar-refractivity contribution in [3.05, 3.63) is 53.3 Å². The third kappa shape index (κ3) is 4.18. The maximum atomic E-state index is 13.1. The zero-order valence-corrected chi connectivity index (χ0v) is 19.0. The summed E-state index contributed by atoms with van der Waals surface area (Å²) in [4.78, 5) is 30.4. The molecule has 1 unspecified atom stereocenters. The van der Waals surface area contributed by atoms with Gasteiger partial charge in [0.15, 0.2) is 0 Å². The standard InChI is InChI=1S/C25H33N5O2/c1-17(2)11-26-23(31)20-13-29(12-18-6-4-3-5-7-18)14-25(20)15-30(16-25)24(32)22-10-21(27-28-22)19-8-9-19/h3-7,10,17,19-20H,8-9,11-16H2,1-2H3,(H,26,31)(H,27,28).